The van der Waals surface area contributed by atoms with Crippen molar-refractivity contribution in [3.05, 3.63) is 58.8 Å². The van der Waals surface area contributed by atoms with Crippen molar-refractivity contribution in [1.82, 2.24) is 9.97 Å². The van der Waals surface area contributed by atoms with Gasteiger partial charge in [0, 0.05) is 35.7 Å². The lowest BCUT2D eigenvalue weighted by Crippen LogP contribution is -2.13. The molecular weight excluding hydrogens is 356 g/mol. The van der Waals surface area contributed by atoms with E-state index in [2.05, 4.69) is 31.2 Å². The summed E-state index contributed by atoms with van der Waals surface area (Å²) in [4.78, 5) is 23.0. The smallest absolute Gasteiger partial charge is 0.255 e. The second-order valence-corrected chi connectivity index (χ2v) is 6.20. The predicted octanol–water partition coefficient (Wildman–Crippen LogP) is 3.71. The minimum Gasteiger partial charge on any atom is -0.376 e. The van der Waals surface area contributed by atoms with Gasteiger partial charge in [0.15, 0.2) is 5.65 Å². The Labute approximate surface area is 142 Å². The van der Waals surface area contributed by atoms with E-state index in [1.807, 2.05) is 37.2 Å². The van der Waals surface area contributed by atoms with Crippen molar-refractivity contribution in [3.8, 4) is 0 Å². The monoisotopic (exact) mass is 370 g/mol. The summed E-state index contributed by atoms with van der Waals surface area (Å²) in [5.74, 6) is -0.172. The fraction of sp³-hybridized carbons (Fsp3) is 0.118. The van der Waals surface area contributed by atoms with Crippen molar-refractivity contribution < 1.29 is 4.79 Å². The summed E-state index contributed by atoms with van der Waals surface area (Å²) in [6.45, 7) is 0. The van der Waals surface area contributed by atoms with Gasteiger partial charge in [0.25, 0.3) is 5.91 Å². The lowest BCUT2D eigenvalue weighted by atomic mass is 10.2. The zero-order chi connectivity index (χ0) is 16.4. The van der Waals surface area contributed by atoms with Crippen LogP contribution in [0.25, 0.3) is 11.0 Å². The van der Waals surface area contributed by atoms with Gasteiger partial charge >= 0.3 is 0 Å². The van der Waals surface area contributed by atoms with Gasteiger partial charge < -0.3 is 10.2 Å². The molecule has 6 heteroatoms. The Morgan fingerprint density at radius 1 is 1.17 bits per heavy atom. The van der Waals surface area contributed by atoms with E-state index in [9.17, 15) is 4.79 Å². The van der Waals surface area contributed by atoms with Gasteiger partial charge in [0.05, 0.1) is 17.6 Å². The van der Waals surface area contributed by atoms with E-state index in [0.29, 0.717) is 16.9 Å². The summed E-state index contributed by atoms with van der Waals surface area (Å²) >= 11 is 3.38. The van der Waals surface area contributed by atoms with E-state index < -0.39 is 0 Å². The van der Waals surface area contributed by atoms with Crippen LogP contribution in [0.1, 0.15) is 10.4 Å². The maximum atomic E-state index is 12.4. The Balaban J connectivity index is 1.99. The molecule has 0 saturated heterocycles. The third-order valence-corrected chi connectivity index (χ3v) is 3.93. The number of benzene rings is 1. The van der Waals surface area contributed by atoms with Crippen LogP contribution in [0.3, 0.4) is 0 Å². The Kier molecular flexibility index (Phi) is 4.25. The Hall–Kier alpha value is -2.47. The first kappa shape index (κ1) is 15.4. The number of hydrogen-bond donors (Lipinski definition) is 1. The third-order valence-electron chi connectivity index (χ3n) is 3.43. The molecule has 0 atom stereocenters. The van der Waals surface area contributed by atoms with Crippen molar-refractivity contribution in [2.45, 2.75) is 0 Å². The molecule has 2 aromatic heterocycles. The molecule has 0 aliphatic rings. The van der Waals surface area contributed by atoms with Crippen LogP contribution in [-0.4, -0.2) is 30.0 Å². The molecule has 3 rings (SSSR count). The fourth-order valence-electron chi connectivity index (χ4n) is 2.20. The molecule has 0 spiro atoms. The van der Waals surface area contributed by atoms with Crippen molar-refractivity contribution in [2.75, 3.05) is 24.3 Å². The summed E-state index contributed by atoms with van der Waals surface area (Å²) in [5.41, 5.74) is 2.82. The molecule has 0 aliphatic heterocycles. The first-order valence-corrected chi connectivity index (χ1v) is 7.83. The van der Waals surface area contributed by atoms with Gasteiger partial charge in [-0.25, -0.2) is 9.97 Å². The number of amides is 1. The van der Waals surface area contributed by atoms with Gasteiger partial charge in [-0.1, -0.05) is 22.0 Å². The lowest BCUT2D eigenvalue weighted by molar-refractivity contribution is 0.102. The van der Waals surface area contributed by atoms with Crippen LogP contribution in [0.4, 0.5) is 11.4 Å². The lowest BCUT2D eigenvalue weighted by Gasteiger charge is -2.14. The Morgan fingerprint density at radius 2 is 2.00 bits per heavy atom. The number of nitrogens with one attached hydrogen (secondary N) is 1. The summed E-state index contributed by atoms with van der Waals surface area (Å²) in [6, 6.07) is 11.0. The molecule has 0 fully saturated rings. The molecule has 0 unspecified atom stereocenters. The number of carbonyl (C=O) groups is 1. The zero-order valence-electron chi connectivity index (χ0n) is 12.7. The Bertz CT molecular complexity index is 879. The van der Waals surface area contributed by atoms with Gasteiger partial charge in [-0.3, -0.25) is 4.79 Å². The number of fused-ring (bicyclic) bond motifs is 1. The van der Waals surface area contributed by atoms with Crippen LogP contribution in [0.15, 0.2) is 53.3 Å². The molecule has 5 nitrogen and oxygen atoms in total. The summed E-state index contributed by atoms with van der Waals surface area (Å²) in [5, 5.41) is 3.74. The number of halogens is 1. The van der Waals surface area contributed by atoms with Crippen LogP contribution >= 0.6 is 15.9 Å². The zero-order valence-corrected chi connectivity index (χ0v) is 14.3. The van der Waals surface area contributed by atoms with Crippen molar-refractivity contribution in [1.29, 1.82) is 0 Å². The molecular formula is C17H15BrN4O. The number of aromatic nitrogens is 2. The van der Waals surface area contributed by atoms with Crippen molar-refractivity contribution >= 4 is 44.2 Å². The highest BCUT2D eigenvalue weighted by molar-refractivity contribution is 9.10. The number of rotatable bonds is 3. The summed E-state index contributed by atoms with van der Waals surface area (Å²) < 4.78 is 0.862. The molecule has 1 amide bonds. The van der Waals surface area contributed by atoms with Crippen molar-refractivity contribution in [3.63, 3.8) is 0 Å². The predicted molar refractivity (Wildman–Crippen MR) is 96.0 cm³/mol. The fourth-order valence-corrected chi connectivity index (χ4v) is 2.60. The van der Waals surface area contributed by atoms with E-state index in [0.717, 1.165) is 15.5 Å². The van der Waals surface area contributed by atoms with Gasteiger partial charge in [-0.2, -0.15) is 0 Å². The Morgan fingerprint density at radius 3 is 2.74 bits per heavy atom. The van der Waals surface area contributed by atoms with E-state index in [1.54, 1.807) is 30.6 Å². The topological polar surface area (TPSA) is 58.1 Å². The molecule has 2 heterocycles. The standard InChI is InChI=1S/C17H15BrN4O/c1-22(2)13-9-14-15(6-7-19-16(14)20-10-13)21-17(23)11-4-3-5-12(18)8-11/h3-10H,1-2H3,(H,19,20,21,23). The largest absolute Gasteiger partial charge is 0.376 e. The molecule has 0 aliphatic carbocycles. The average Bonchev–Trinajstić information content (AvgIpc) is 2.54. The highest BCUT2D eigenvalue weighted by Gasteiger charge is 2.10. The van der Waals surface area contributed by atoms with Gasteiger partial charge in [-0.05, 0) is 30.3 Å². The number of nitrogens with zero attached hydrogens (tertiary/aromatic N) is 3. The molecule has 0 saturated carbocycles. The van der Waals surface area contributed by atoms with Gasteiger partial charge in [0.1, 0.15) is 0 Å². The van der Waals surface area contributed by atoms with E-state index >= 15 is 0 Å². The SMILES string of the molecule is CN(C)c1cnc2nccc(NC(=O)c3cccc(Br)c3)c2c1. The summed E-state index contributed by atoms with van der Waals surface area (Å²) in [7, 11) is 3.89. The molecule has 116 valence electrons. The second kappa shape index (κ2) is 6.34. The number of pyridine rings is 2. The maximum absolute atomic E-state index is 12.4. The molecule has 1 N–H and O–H groups in total. The molecule has 0 radical (unpaired) electrons. The first-order valence-electron chi connectivity index (χ1n) is 7.03. The third kappa shape index (κ3) is 3.32. The number of carbonyl (C=O) groups excluding carboxylic acids is 1. The van der Waals surface area contributed by atoms with E-state index in [1.165, 1.54) is 0 Å². The van der Waals surface area contributed by atoms with Crippen LogP contribution in [0.2, 0.25) is 0 Å². The summed E-state index contributed by atoms with van der Waals surface area (Å²) in [6.07, 6.45) is 3.40. The van der Waals surface area contributed by atoms with Gasteiger partial charge in [-0.15, -0.1) is 0 Å². The van der Waals surface area contributed by atoms with Crippen LogP contribution in [-0.2, 0) is 0 Å². The minimum absolute atomic E-state index is 0.172. The van der Waals surface area contributed by atoms with Gasteiger partial charge in [0.2, 0.25) is 0 Å². The highest BCUT2D eigenvalue weighted by Crippen LogP contribution is 2.25. The average molecular weight is 371 g/mol. The number of anilines is 2. The van der Waals surface area contributed by atoms with Crippen molar-refractivity contribution in [2.24, 2.45) is 0 Å². The van der Waals surface area contributed by atoms with Crippen LogP contribution in [0.5, 0.6) is 0 Å². The molecule has 23 heavy (non-hydrogen) atoms. The van der Waals surface area contributed by atoms with Crippen LogP contribution in [0, 0.1) is 0 Å². The van der Waals surface area contributed by atoms with E-state index in [-0.39, 0.29) is 5.91 Å². The van der Waals surface area contributed by atoms with Crippen LogP contribution < -0.4 is 10.2 Å². The number of hydrogen-bond acceptors (Lipinski definition) is 4. The molecule has 1 aromatic carbocycles. The normalized spacial score (nSPS) is 10.6. The maximum Gasteiger partial charge on any atom is 0.255 e. The molecule has 0 bridgehead atoms. The minimum atomic E-state index is -0.172. The molecule has 3 aromatic rings. The second-order valence-electron chi connectivity index (χ2n) is 5.28. The first-order chi connectivity index (χ1) is 11.0. The highest BCUT2D eigenvalue weighted by atomic mass is 79.9. The van der Waals surface area contributed by atoms with E-state index in [4.69, 9.17) is 0 Å². The quantitative estimate of drug-likeness (QED) is 0.763.